The predicted octanol–water partition coefficient (Wildman–Crippen LogP) is 13.2. The highest BCUT2D eigenvalue weighted by Gasteiger charge is 2.38. The molecule has 0 amide bonds. The van der Waals surface area contributed by atoms with E-state index >= 15 is 0 Å². The van der Waals surface area contributed by atoms with E-state index < -0.39 is 0 Å². The van der Waals surface area contributed by atoms with Crippen LogP contribution in [0.2, 0.25) is 0 Å². The molecule has 0 bridgehead atoms. The summed E-state index contributed by atoms with van der Waals surface area (Å²) in [4.78, 5) is 7.39. The molecule has 0 radical (unpaired) electrons. The van der Waals surface area contributed by atoms with Crippen LogP contribution in [0, 0.1) is 0 Å². The van der Waals surface area contributed by atoms with E-state index in [1.165, 1.54) is 72.2 Å². The minimum atomic E-state index is -0.0823. The molecule has 7 aromatic carbocycles. The number of aromatic nitrogens is 1. The second-order valence-electron chi connectivity index (χ2n) is 16.5. The summed E-state index contributed by atoms with van der Waals surface area (Å²) in [7, 11) is 0. The molecule has 0 saturated carbocycles. The molecule has 284 valence electrons. The Hall–Kier alpha value is -7.17. The Bertz CT molecular complexity index is 3070. The smallest absolute Gasteiger partial charge is 0.114 e. The van der Waals surface area contributed by atoms with Crippen molar-refractivity contribution in [3.63, 3.8) is 0 Å². The molecule has 1 aliphatic heterocycles. The molecule has 4 nitrogen and oxygen atoms in total. The summed E-state index contributed by atoms with van der Waals surface area (Å²) in [5, 5.41) is 2.45. The SMILES string of the molecule is CC1(C)c2ccc(C(N)=CC=NCn3c4ccccc4c4cc(-c5ccc6c(c5)C5C=CC=CC5N6c5ccccc5)ccc43)cc2-c2cc(-c3ccccc3)ccc21. The molecule has 11 rings (SSSR count). The lowest BCUT2D eigenvalue weighted by Gasteiger charge is -2.28. The van der Waals surface area contributed by atoms with Gasteiger partial charge in [-0.15, -0.1) is 0 Å². The number of hydrogen-bond donors (Lipinski definition) is 1. The standard InChI is InChI=1S/C55H44N4/c1-55(2)48-25-21-37(36-13-5-3-6-14-36)31-44(48)45-34-40(22-26-49(45)55)50(56)29-30-57-35-58-51-19-11-9-17-42(51)46-32-38(23-27-52(46)58)39-24-28-54-47(33-39)43-18-10-12-20-53(43)59(54)41-15-7-4-8-16-41/h3-34,43,53H,35,56H2,1-2H3. The van der Waals surface area contributed by atoms with Gasteiger partial charge in [-0.05, 0) is 116 Å². The van der Waals surface area contributed by atoms with Crippen LogP contribution in [-0.2, 0) is 12.1 Å². The molecule has 2 heterocycles. The van der Waals surface area contributed by atoms with Crippen molar-refractivity contribution in [3.8, 4) is 33.4 Å². The molecular formula is C55H44N4. The fraction of sp³-hybridized carbons (Fsp3) is 0.109. The van der Waals surface area contributed by atoms with Gasteiger partial charge in [-0.25, -0.2) is 0 Å². The molecule has 0 fully saturated rings. The van der Waals surface area contributed by atoms with Gasteiger partial charge in [0.05, 0.1) is 17.1 Å². The van der Waals surface area contributed by atoms with Crippen LogP contribution in [0.1, 0.15) is 42.0 Å². The Morgan fingerprint density at radius 1 is 0.627 bits per heavy atom. The summed E-state index contributed by atoms with van der Waals surface area (Å²) in [6.45, 7) is 5.11. The van der Waals surface area contributed by atoms with E-state index in [4.69, 9.17) is 10.7 Å². The molecule has 1 aromatic heterocycles. The lowest BCUT2D eigenvalue weighted by Crippen LogP contribution is -2.28. The highest BCUT2D eigenvalue weighted by Crippen LogP contribution is 2.51. The predicted molar refractivity (Wildman–Crippen MR) is 248 cm³/mol. The van der Waals surface area contributed by atoms with Crippen molar-refractivity contribution in [3.05, 3.63) is 210 Å². The highest BCUT2D eigenvalue weighted by atomic mass is 15.2. The van der Waals surface area contributed by atoms with Crippen LogP contribution in [0.5, 0.6) is 0 Å². The van der Waals surface area contributed by atoms with Crippen LogP contribution in [0.15, 0.2) is 193 Å². The normalized spacial score (nSPS) is 17.5. The van der Waals surface area contributed by atoms with Crippen LogP contribution in [0.4, 0.5) is 11.4 Å². The van der Waals surface area contributed by atoms with Crippen molar-refractivity contribution in [1.29, 1.82) is 0 Å². The lowest BCUT2D eigenvalue weighted by molar-refractivity contribution is 0.660. The van der Waals surface area contributed by atoms with Gasteiger partial charge in [-0.1, -0.05) is 141 Å². The van der Waals surface area contributed by atoms with E-state index in [1.807, 2.05) is 12.3 Å². The molecule has 2 aliphatic carbocycles. The topological polar surface area (TPSA) is 46.5 Å². The maximum Gasteiger partial charge on any atom is 0.114 e. The Morgan fingerprint density at radius 3 is 2.14 bits per heavy atom. The van der Waals surface area contributed by atoms with Gasteiger partial charge < -0.3 is 15.2 Å². The lowest BCUT2D eigenvalue weighted by atomic mass is 9.82. The zero-order chi connectivity index (χ0) is 39.7. The fourth-order valence-electron chi connectivity index (χ4n) is 9.91. The Balaban J connectivity index is 0.884. The Kier molecular flexibility index (Phi) is 8.16. The number of aliphatic imine (C=N–C) groups is 1. The molecular weight excluding hydrogens is 717 g/mol. The third kappa shape index (κ3) is 5.70. The van der Waals surface area contributed by atoms with Gasteiger partial charge in [0, 0.05) is 45.4 Å². The summed E-state index contributed by atoms with van der Waals surface area (Å²) in [5.74, 6) is 0.307. The van der Waals surface area contributed by atoms with E-state index in [1.54, 1.807) is 0 Å². The number of rotatable bonds is 7. The van der Waals surface area contributed by atoms with E-state index in [-0.39, 0.29) is 11.5 Å². The third-order valence-corrected chi connectivity index (χ3v) is 12.9. The first-order valence-electron chi connectivity index (χ1n) is 20.6. The third-order valence-electron chi connectivity index (χ3n) is 12.9. The maximum atomic E-state index is 6.77. The van der Waals surface area contributed by atoms with E-state index in [0.29, 0.717) is 18.3 Å². The number of hydrogen-bond acceptors (Lipinski definition) is 3. The number of fused-ring (bicyclic) bond motifs is 9. The fourth-order valence-corrected chi connectivity index (χ4v) is 9.91. The van der Waals surface area contributed by atoms with Crippen LogP contribution < -0.4 is 10.6 Å². The second-order valence-corrected chi connectivity index (χ2v) is 16.5. The molecule has 2 N–H and O–H groups in total. The second kappa shape index (κ2) is 13.7. The van der Waals surface area contributed by atoms with Gasteiger partial charge in [0.1, 0.15) is 6.67 Å². The first-order valence-corrected chi connectivity index (χ1v) is 20.6. The van der Waals surface area contributed by atoms with Crippen LogP contribution in [-0.4, -0.2) is 16.8 Å². The number of anilines is 2. The molecule has 2 atom stereocenters. The largest absolute Gasteiger partial charge is 0.398 e. The average molecular weight is 761 g/mol. The zero-order valence-corrected chi connectivity index (χ0v) is 33.3. The molecule has 0 saturated heterocycles. The van der Waals surface area contributed by atoms with Gasteiger partial charge in [0.25, 0.3) is 0 Å². The van der Waals surface area contributed by atoms with E-state index in [2.05, 4.69) is 205 Å². The Morgan fingerprint density at radius 2 is 1.29 bits per heavy atom. The van der Waals surface area contributed by atoms with Gasteiger partial charge in [0.2, 0.25) is 0 Å². The number of nitrogens with two attached hydrogens (primary N) is 1. The van der Waals surface area contributed by atoms with Gasteiger partial charge in [-0.2, -0.15) is 0 Å². The highest BCUT2D eigenvalue weighted by molar-refractivity contribution is 6.09. The monoisotopic (exact) mass is 760 g/mol. The van der Waals surface area contributed by atoms with Crippen molar-refractivity contribution >= 4 is 45.1 Å². The first-order chi connectivity index (χ1) is 28.9. The summed E-state index contributed by atoms with van der Waals surface area (Å²) in [6.07, 6.45) is 12.8. The molecule has 8 aromatic rings. The minimum absolute atomic E-state index is 0.0823. The quantitative estimate of drug-likeness (QED) is 0.164. The zero-order valence-electron chi connectivity index (χ0n) is 33.3. The molecule has 59 heavy (non-hydrogen) atoms. The average Bonchev–Trinajstić information content (AvgIpc) is 3.87. The van der Waals surface area contributed by atoms with Crippen molar-refractivity contribution in [2.45, 2.75) is 37.9 Å². The van der Waals surface area contributed by atoms with Gasteiger partial charge in [0.15, 0.2) is 0 Å². The Labute approximate surface area is 345 Å². The van der Waals surface area contributed by atoms with Crippen LogP contribution in [0.3, 0.4) is 0 Å². The number of allylic oxidation sites excluding steroid dienone is 3. The number of para-hydroxylation sites is 2. The minimum Gasteiger partial charge on any atom is -0.398 e. The first kappa shape index (κ1) is 35.0. The molecule has 4 heteroatoms. The van der Waals surface area contributed by atoms with Crippen molar-refractivity contribution < 1.29 is 0 Å². The molecule has 0 spiro atoms. The van der Waals surface area contributed by atoms with Crippen molar-refractivity contribution in [2.24, 2.45) is 10.7 Å². The molecule has 3 aliphatic rings. The molecule has 2 unspecified atom stereocenters. The summed E-state index contributed by atoms with van der Waals surface area (Å²) >= 11 is 0. The number of benzene rings is 7. The maximum absolute atomic E-state index is 6.77. The van der Waals surface area contributed by atoms with Crippen LogP contribution >= 0.6 is 0 Å². The van der Waals surface area contributed by atoms with Gasteiger partial charge >= 0.3 is 0 Å². The van der Waals surface area contributed by atoms with Crippen molar-refractivity contribution in [2.75, 3.05) is 4.90 Å². The van der Waals surface area contributed by atoms with E-state index in [9.17, 15) is 0 Å². The van der Waals surface area contributed by atoms with Gasteiger partial charge in [-0.3, -0.25) is 4.99 Å². The van der Waals surface area contributed by atoms with Crippen molar-refractivity contribution in [1.82, 2.24) is 4.57 Å². The van der Waals surface area contributed by atoms with E-state index in [0.717, 1.165) is 16.6 Å². The summed E-state index contributed by atoms with van der Waals surface area (Å²) < 4.78 is 2.30. The number of nitrogens with zero attached hydrogens (tertiary/aromatic N) is 3. The summed E-state index contributed by atoms with van der Waals surface area (Å²) in [5.41, 5.74) is 24.7. The summed E-state index contributed by atoms with van der Waals surface area (Å²) in [6, 6.07) is 57.7. The van der Waals surface area contributed by atoms with Crippen LogP contribution in [0.25, 0.3) is 60.9 Å².